The molecule has 1 N–H and O–H groups in total. The lowest BCUT2D eigenvalue weighted by Gasteiger charge is -2.20. The number of aliphatic hydroxyl groups is 1. The van der Waals surface area contributed by atoms with Gasteiger partial charge in [0.1, 0.15) is 0 Å². The van der Waals surface area contributed by atoms with Gasteiger partial charge >= 0.3 is 0 Å². The summed E-state index contributed by atoms with van der Waals surface area (Å²) in [6, 6.07) is 9.73. The molecule has 0 radical (unpaired) electrons. The van der Waals surface area contributed by atoms with E-state index >= 15 is 0 Å². The lowest BCUT2D eigenvalue weighted by molar-refractivity contribution is 0.157. The van der Waals surface area contributed by atoms with Crippen molar-refractivity contribution < 1.29 is 5.11 Å². The van der Waals surface area contributed by atoms with Gasteiger partial charge in [0, 0.05) is 13.0 Å². The molecule has 90 valence electrons. The van der Waals surface area contributed by atoms with Gasteiger partial charge in [0.15, 0.2) is 5.82 Å². The van der Waals surface area contributed by atoms with Gasteiger partial charge in [0.05, 0.1) is 5.69 Å². The smallest absolute Gasteiger partial charge is 0.157 e. The van der Waals surface area contributed by atoms with E-state index in [1.807, 2.05) is 44.2 Å². The van der Waals surface area contributed by atoms with E-state index in [0.717, 1.165) is 11.5 Å². The minimum Gasteiger partial charge on any atom is -0.396 e. The van der Waals surface area contributed by atoms with Crippen molar-refractivity contribution in [2.75, 3.05) is 6.61 Å². The van der Waals surface area contributed by atoms with Gasteiger partial charge in [-0.15, -0.1) is 5.10 Å². The van der Waals surface area contributed by atoms with Crippen LogP contribution in [0.4, 0.5) is 0 Å². The monoisotopic (exact) mass is 232 g/mol. The number of para-hydroxylation sites is 1. The maximum absolute atomic E-state index is 9.28. The number of hydrogen-bond donors (Lipinski definition) is 1. The molecule has 1 aromatic carbocycles. The van der Waals surface area contributed by atoms with E-state index < -0.39 is 0 Å². The van der Waals surface area contributed by atoms with Crippen LogP contribution in [0.2, 0.25) is 0 Å². The van der Waals surface area contributed by atoms with Crippen LogP contribution in [-0.2, 0) is 6.42 Å². The van der Waals surface area contributed by atoms with Crippen molar-refractivity contribution in [1.29, 1.82) is 0 Å². The highest BCUT2D eigenvalue weighted by molar-refractivity contribution is 5.30. The molecule has 0 atom stereocenters. The second-order valence-electron chi connectivity index (χ2n) is 4.84. The van der Waals surface area contributed by atoms with E-state index in [0.29, 0.717) is 6.42 Å². The SMILES string of the molecule is CC(C)(CO)Cc1nnnn1-c1ccccc1. The number of aromatic nitrogens is 4. The molecule has 17 heavy (non-hydrogen) atoms. The van der Waals surface area contributed by atoms with Gasteiger partial charge in [-0.25, -0.2) is 0 Å². The molecule has 1 aromatic heterocycles. The zero-order chi connectivity index (χ0) is 12.3. The molecule has 5 heteroatoms. The molecule has 2 rings (SSSR count). The van der Waals surface area contributed by atoms with Crippen molar-refractivity contribution in [3.8, 4) is 5.69 Å². The lowest BCUT2D eigenvalue weighted by atomic mass is 9.90. The van der Waals surface area contributed by atoms with Crippen molar-refractivity contribution in [1.82, 2.24) is 20.2 Å². The Morgan fingerprint density at radius 2 is 1.94 bits per heavy atom. The third-order valence-electron chi connectivity index (χ3n) is 2.60. The molecule has 0 aliphatic rings. The average molecular weight is 232 g/mol. The zero-order valence-electron chi connectivity index (χ0n) is 10.0. The summed E-state index contributed by atoms with van der Waals surface area (Å²) >= 11 is 0. The number of hydrogen-bond acceptors (Lipinski definition) is 4. The van der Waals surface area contributed by atoms with Crippen LogP contribution in [0.15, 0.2) is 30.3 Å². The van der Waals surface area contributed by atoms with Crippen LogP contribution in [0.25, 0.3) is 5.69 Å². The van der Waals surface area contributed by atoms with Gasteiger partial charge in [-0.1, -0.05) is 32.0 Å². The summed E-state index contributed by atoms with van der Waals surface area (Å²) in [5, 5.41) is 21.0. The second kappa shape index (κ2) is 4.63. The first-order valence-corrected chi connectivity index (χ1v) is 5.56. The van der Waals surface area contributed by atoms with Gasteiger partial charge in [0.25, 0.3) is 0 Å². The Morgan fingerprint density at radius 1 is 1.24 bits per heavy atom. The predicted octanol–water partition coefficient (Wildman–Crippen LogP) is 1.22. The van der Waals surface area contributed by atoms with Crippen LogP contribution in [-0.4, -0.2) is 31.9 Å². The van der Waals surface area contributed by atoms with E-state index in [1.165, 1.54) is 0 Å². The minimum atomic E-state index is -0.221. The molecular formula is C12H16N4O. The fourth-order valence-electron chi connectivity index (χ4n) is 1.57. The Morgan fingerprint density at radius 3 is 2.59 bits per heavy atom. The van der Waals surface area contributed by atoms with E-state index in [4.69, 9.17) is 0 Å². The van der Waals surface area contributed by atoms with Crippen molar-refractivity contribution in [2.24, 2.45) is 5.41 Å². The Hall–Kier alpha value is -1.75. The molecule has 0 bridgehead atoms. The van der Waals surface area contributed by atoms with Crippen LogP contribution >= 0.6 is 0 Å². The summed E-state index contributed by atoms with van der Waals surface area (Å²) in [4.78, 5) is 0. The molecule has 0 saturated heterocycles. The Balaban J connectivity index is 2.30. The van der Waals surface area contributed by atoms with E-state index in [1.54, 1.807) is 4.68 Å². The maximum atomic E-state index is 9.28. The molecule has 2 aromatic rings. The first-order valence-electron chi connectivity index (χ1n) is 5.56. The Labute approximate surface area is 100 Å². The summed E-state index contributed by atoms with van der Waals surface area (Å²) in [6.45, 7) is 4.07. The van der Waals surface area contributed by atoms with Crippen LogP contribution in [0.5, 0.6) is 0 Å². The molecular weight excluding hydrogens is 216 g/mol. The largest absolute Gasteiger partial charge is 0.396 e. The molecule has 1 heterocycles. The van der Waals surface area contributed by atoms with Gasteiger partial charge in [-0.3, -0.25) is 0 Å². The zero-order valence-corrected chi connectivity index (χ0v) is 10.0. The highest BCUT2D eigenvalue weighted by atomic mass is 16.3. The summed E-state index contributed by atoms with van der Waals surface area (Å²) in [6.07, 6.45) is 0.630. The van der Waals surface area contributed by atoms with Gasteiger partial charge in [-0.2, -0.15) is 4.68 Å². The topological polar surface area (TPSA) is 63.8 Å². The third kappa shape index (κ3) is 2.68. The first-order chi connectivity index (χ1) is 8.12. The van der Waals surface area contributed by atoms with Gasteiger partial charge < -0.3 is 5.11 Å². The number of benzene rings is 1. The number of aliphatic hydroxyl groups excluding tert-OH is 1. The fourth-order valence-corrected chi connectivity index (χ4v) is 1.57. The molecule has 0 aliphatic heterocycles. The quantitative estimate of drug-likeness (QED) is 0.861. The molecule has 0 fully saturated rings. The van der Waals surface area contributed by atoms with Crippen molar-refractivity contribution >= 4 is 0 Å². The van der Waals surface area contributed by atoms with Crippen LogP contribution in [0.1, 0.15) is 19.7 Å². The normalized spacial score (nSPS) is 11.7. The van der Waals surface area contributed by atoms with E-state index in [2.05, 4.69) is 15.5 Å². The first kappa shape index (κ1) is 11.7. The summed E-state index contributed by atoms with van der Waals surface area (Å²) in [5.74, 6) is 0.759. The molecule has 0 spiro atoms. The van der Waals surface area contributed by atoms with Crippen molar-refractivity contribution in [2.45, 2.75) is 20.3 Å². The number of rotatable bonds is 4. The lowest BCUT2D eigenvalue weighted by Crippen LogP contribution is -2.22. The summed E-state index contributed by atoms with van der Waals surface area (Å²) in [7, 11) is 0. The Kier molecular flexibility index (Phi) is 3.19. The Bertz CT molecular complexity index is 478. The second-order valence-corrected chi connectivity index (χ2v) is 4.84. The van der Waals surface area contributed by atoms with Crippen molar-refractivity contribution in [3.05, 3.63) is 36.2 Å². The minimum absolute atomic E-state index is 0.106. The van der Waals surface area contributed by atoms with Crippen LogP contribution < -0.4 is 0 Å². The third-order valence-corrected chi connectivity index (χ3v) is 2.60. The van der Waals surface area contributed by atoms with Crippen LogP contribution in [0.3, 0.4) is 0 Å². The number of tetrazole rings is 1. The fraction of sp³-hybridized carbons (Fsp3) is 0.417. The molecule has 0 saturated carbocycles. The summed E-state index contributed by atoms with van der Waals surface area (Å²) < 4.78 is 1.71. The summed E-state index contributed by atoms with van der Waals surface area (Å²) in [5.41, 5.74) is 0.711. The maximum Gasteiger partial charge on any atom is 0.157 e. The number of nitrogens with zero attached hydrogens (tertiary/aromatic N) is 4. The standard InChI is InChI=1S/C12H16N4O/c1-12(2,9-17)8-11-13-14-15-16(11)10-6-4-3-5-7-10/h3-7,17H,8-9H2,1-2H3. The highest BCUT2D eigenvalue weighted by Gasteiger charge is 2.21. The molecule has 5 nitrogen and oxygen atoms in total. The van der Waals surface area contributed by atoms with Gasteiger partial charge in [-0.05, 0) is 28.0 Å². The molecule has 0 amide bonds. The molecule has 0 unspecified atom stereocenters. The van der Waals surface area contributed by atoms with E-state index in [9.17, 15) is 5.11 Å². The average Bonchev–Trinajstić information content (AvgIpc) is 2.77. The van der Waals surface area contributed by atoms with Crippen molar-refractivity contribution in [3.63, 3.8) is 0 Å². The molecule has 0 aliphatic carbocycles. The highest BCUT2D eigenvalue weighted by Crippen LogP contribution is 2.20. The van der Waals surface area contributed by atoms with Crippen LogP contribution in [0, 0.1) is 5.41 Å². The van der Waals surface area contributed by atoms with Gasteiger partial charge in [0.2, 0.25) is 0 Å². The van der Waals surface area contributed by atoms with E-state index in [-0.39, 0.29) is 12.0 Å². The predicted molar refractivity (Wildman–Crippen MR) is 63.7 cm³/mol.